The molecular formula is C14H20N4O3. The van der Waals surface area contributed by atoms with Crippen molar-refractivity contribution in [2.45, 2.75) is 6.42 Å². The van der Waals surface area contributed by atoms with Gasteiger partial charge in [-0.1, -0.05) is 6.07 Å². The number of hydrogen-bond donors (Lipinski definition) is 2. The second kappa shape index (κ2) is 8.33. The molecular weight excluding hydrogens is 272 g/mol. The molecule has 21 heavy (non-hydrogen) atoms. The highest BCUT2D eigenvalue weighted by Crippen LogP contribution is 1.99. The number of aromatic nitrogens is 1. The van der Waals surface area contributed by atoms with Crippen LogP contribution in [-0.2, 0) is 14.3 Å². The summed E-state index contributed by atoms with van der Waals surface area (Å²) in [4.78, 5) is 29.4. The molecule has 1 fully saturated rings. The van der Waals surface area contributed by atoms with Crippen molar-refractivity contribution in [1.29, 1.82) is 0 Å². The molecule has 2 rings (SSSR count). The van der Waals surface area contributed by atoms with Gasteiger partial charge in [0.1, 0.15) is 5.82 Å². The summed E-state index contributed by atoms with van der Waals surface area (Å²) >= 11 is 0. The number of morpholine rings is 1. The van der Waals surface area contributed by atoms with E-state index >= 15 is 0 Å². The number of nitrogens with one attached hydrogen (secondary N) is 2. The van der Waals surface area contributed by atoms with Crippen LogP contribution in [0.15, 0.2) is 24.4 Å². The molecule has 0 spiro atoms. The molecule has 0 aromatic carbocycles. The van der Waals surface area contributed by atoms with Crippen molar-refractivity contribution in [1.82, 2.24) is 15.2 Å². The molecule has 0 radical (unpaired) electrons. The summed E-state index contributed by atoms with van der Waals surface area (Å²) in [7, 11) is 0. The Morgan fingerprint density at radius 2 is 2.05 bits per heavy atom. The number of carbonyl (C=O) groups is 2. The molecule has 1 aliphatic heterocycles. The van der Waals surface area contributed by atoms with E-state index in [0.717, 1.165) is 39.3 Å². The number of pyridine rings is 1. The molecule has 1 aromatic heterocycles. The van der Waals surface area contributed by atoms with Gasteiger partial charge in [-0.05, 0) is 25.1 Å². The Morgan fingerprint density at radius 1 is 1.24 bits per heavy atom. The molecule has 114 valence electrons. The summed E-state index contributed by atoms with van der Waals surface area (Å²) in [5.74, 6) is -0.964. The Morgan fingerprint density at radius 3 is 2.76 bits per heavy atom. The first kappa shape index (κ1) is 15.4. The number of ether oxygens (including phenoxy) is 1. The van der Waals surface area contributed by atoms with E-state index in [2.05, 4.69) is 20.5 Å². The van der Waals surface area contributed by atoms with Crippen LogP contribution in [0, 0.1) is 0 Å². The van der Waals surface area contributed by atoms with Crippen LogP contribution in [0.1, 0.15) is 6.42 Å². The molecule has 0 saturated carbocycles. The molecule has 0 unspecified atom stereocenters. The van der Waals surface area contributed by atoms with Crippen molar-refractivity contribution in [2.24, 2.45) is 0 Å². The summed E-state index contributed by atoms with van der Waals surface area (Å²) in [5.41, 5.74) is 0. The quantitative estimate of drug-likeness (QED) is 0.583. The summed E-state index contributed by atoms with van der Waals surface area (Å²) in [6, 6.07) is 5.10. The molecule has 1 aromatic rings. The lowest BCUT2D eigenvalue weighted by Gasteiger charge is -2.26. The van der Waals surface area contributed by atoms with Gasteiger partial charge in [0, 0.05) is 25.8 Å². The Bertz CT molecular complexity index is 461. The van der Waals surface area contributed by atoms with Gasteiger partial charge >= 0.3 is 11.8 Å². The monoisotopic (exact) mass is 292 g/mol. The van der Waals surface area contributed by atoms with Gasteiger partial charge in [0.05, 0.1) is 13.2 Å². The minimum absolute atomic E-state index is 0.367. The Balaban J connectivity index is 1.61. The van der Waals surface area contributed by atoms with Gasteiger partial charge in [-0.15, -0.1) is 0 Å². The lowest BCUT2D eigenvalue weighted by atomic mass is 10.3. The predicted octanol–water partition coefficient (Wildman–Crippen LogP) is -0.141. The van der Waals surface area contributed by atoms with Crippen LogP contribution in [-0.4, -0.2) is 61.1 Å². The summed E-state index contributed by atoms with van der Waals surface area (Å²) in [5, 5.41) is 5.05. The molecule has 0 bridgehead atoms. The first-order valence-corrected chi connectivity index (χ1v) is 7.06. The van der Waals surface area contributed by atoms with Crippen LogP contribution in [0.25, 0.3) is 0 Å². The number of nitrogens with zero attached hydrogens (tertiary/aromatic N) is 2. The van der Waals surface area contributed by atoms with Crippen LogP contribution in [0.5, 0.6) is 0 Å². The molecule has 7 heteroatoms. The molecule has 2 amide bonds. The van der Waals surface area contributed by atoms with E-state index in [0.29, 0.717) is 12.4 Å². The maximum absolute atomic E-state index is 11.6. The molecule has 7 nitrogen and oxygen atoms in total. The fourth-order valence-corrected chi connectivity index (χ4v) is 2.02. The highest BCUT2D eigenvalue weighted by molar-refractivity contribution is 6.39. The zero-order valence-electron chi connectivity index (χ0n) is 11.9. The fraction of sp³-hybridized carbons (Fsp3) is 0.500. The van der Waals surface area contributed by atoms with Gasteiger partial charge in [0.25, 0.3) is 0 Å². The van der Waals surface area contributed by atoms with Crippen LogP contribution in [0.2, 0.25) is 0 Å². The van der Waals surface area contributed by atoms with E-state index in [1.807, 2.05) is 0 Å². The zero-order valence-corrected chi connectivity index (χ0v) is 11.9. The van der Waals surface area contributed by atoms with E-state index in [-0.39, 0.29) is 0 Å². The van der Waals surface area contributed by atoms with Crippen LogP contribution >= 0.6 is 0 Å². The third-order valence-electron chi connectivity index (χ3n) is 3.15. The van der Waals surface area contributed by atoms with E-state index < -0.39 is 11.8 Å². The van der Waals surface area contributed by atoms with Gasteiger partial charge in [-0.2, -0.15) is 0 Å². The minimum Gasteiger partial charge on any atom is -0.379 e. The standard InChI is InChI=1S/C14H20N4O3/c19-13(14(20)17-12-4-1-2-5-15-12)16-6-3-7-18-8-10-21-11-9-18/h1-2,4-5H,3,6-11H2,(H,16,19)(H,15,17,20). The average molecular weight is 292 g/mol. The lowest BCUT2D eigenvalue weighted by molar-refractivity contribution is -0.136. The van der Waals surface area contributed by atoms with Gasteiger partial charge in [0.2, 0.25) is 0 Å². The molecule has 1 saturated heterocycles. The molecule has 2 heterocycles. The first-order chi connectivity index (χ1) is 10.3. The highest BCUT2D eigenvalue weighted by atomic mass is 16.5. The fourth-order valence-electron chi connectivity index (χ4n) is 2.02. The Hall–Kier alpha value is -1.99. The largest absolute Gasteiger partial charge is 0.379 e. The van der Waals surface area contributed by atoms with Crippen LogP contribution < -0.4 is 10.6 Å². The highest BCUT2D eigenvalue weighted by Gasteiger charge is 2.14. The third kappa shape index (κ3) is 5.49. The normalized spacial score (nSPS) is 15.4. The minimum atomic E-state index is -0.694. The Kier molecular flexibility index (Phi) is 6.11. The maximum Gasteiger partial charge on any atom is 0.314 e. The Labute approximate surface area is 123 Å². The average Bonchev–Trinajstić information content (AvgIpc) is 2.53. The summed E-state index contributed by atoms with van der Waals surface area (Å²) in [6.07, 6.45) is 2.36. The topological polar surface area (TPSA) is 83.6 Å². The molecule has 0 aliphatic carbocycles. The summed E-state index contributed by atoms with van der Waals surface area (Å²) < 4.78 is 5.26. The van der Waals surface area contributed by atoms with Crippen molar-refractivity contribution in [2.75, 3.05) is 44.7 Å². The third-order valence-corrected chi connectivity index (χ3v) is 3.15. The summed E-state index contributed by atoms with van der Waals surface area (Å²) in [6.45, 7) is 4.75. The predicted molar refractivity (Wildman–Crippen MR) is 77.8 cm³/mol. The molecule has 0 atom stereocenters. The number of rotatable bonds is 5. The van der Waals surface area contributed by atoms with Gasteiger partial charge < -0.3 is 15.4 Å². The van der Waals surface area contributed by atoms with Gasteiger partial charge in [-0.25, -0.2) is 4.98 Å². The molecule has 2 N–H and O–H groups in total. The van der Waals surface area contributed by atoms with Crippen molar-refractivity contribution in [3.05, 3.63) is 24.4 Å². The van der Waals surface area contributed by atoms with Crippen molar-refractivity contribution < 1.29 is 14.3 Å². The van der Waals surface area contributed by atoms with Gasteiger partial charge in [-0.3, -0.25) is 14.5 Å². The number of anilines is 1. The second-order valence-electron chi connectivity index (χ2n) is 4.73. The van der Waals surface area contributed by atoms with Crippen molar-refractivity contribution in [3.63, 3.8) is 0 Å². The van der Waals surface area contributed by atoms with E-state index in [9.17, 15) is 9.59 Å². The number of carbonyl (C=O) groups excluding carboxylic acids is 2. The lowest BCUT2D eigenvalue weighted by Crippen LogP contribution is -2.39. The smallest absolute Gasteiger partial charge is 0.314 e. The van der Waals surface area contributed by atoms with E-state index in [1.54, 1.807) is 24.4 Å². The first-order valence-electron chi connectivity index (χ1n) is 7.06. The van der Waals surface area contributed by atoms with Crippen molar-refractivity contribution in [3.8, 4) is 0 Å². The van der Waals surface area contributed by atoms with Crippen LogP contribution in [0.4, 0.5) is 5.82 Å². The second-order valence-corrected chi connectivity index (χ2v) is 4.73. The zero-order chi connectivity index (χ0) is 14.9. The molecule has 1 aliphatic rings. The van der Waals surface area contributed by atoms with E-state index in [1.165, 1.54) is 0 Å². The van der Waals surface area contributed by atoms with Gasteiger partial charge in [0.15, 0.2) is 0 Å². The number of amides is 2. The van der Waals surface area contributed by atoms with Crippen molar-refractivity contribution >= 4 is 17.6 Å². The van der Waals surface area contributed by atoms with E-state index in [4.69, 9.17) is 4.74 Å². The number of hydrogen-bond acceptors (Lipinski definition) is 5. The van der Waals surface area contributed by atoms with Crippen LogP contribution in [0.3, 0.4) is 0 Å². The maximum atomic E-state index is 11.6. The SMILES string of the molecule is O=C(NCCCN1CCOCC1)C(=O)Nc1ccccn1.